The maximum absolute atomic E-state index is 12.6. The van der Waals surface area contributed by atoms with Crippen molar-refractivity contribution in [3.63, 3.8) is 0 Å². The van der Waals surface area contributed by atoms with Crippen molar-refractivity contribution in [3.8, 4) is 0 Å². The molecule has 1 spiro atoms. The van der Waals surface area contributed by atoms with Crippen LogP contribution in [0.2, 0.25) is 0 Å². The summed E-state index contributed by atoms with van der Waals surface area (Å²) in [7, 11) is 0. The van der Waals surface area contributed by atoms with Crippen LogP contribution in [0.15, 0.2) is 0 Å². The highest BCUT2D eigenvalue weighted by Gasteiger charge is 2.42. The van der Waals surface area contributed by atoms with Crippen LogP contribution in [0.4, 0.5) is 0 Å². The molecule has 2 heterocycles. The van der Waals surface area contributed by atoms with E-state index < -0.39 is 0 Å². The number of ketones is 1. The second kappa shape index (κ2) is 5.90. The molecular formula is C15H25NO3. The van der Waals surface area contributed by atoms with Crippen LogP contribution >= 0.6 is 0 Å². The van der Waals surface area contributed by atoms with E-state index in [0.29, 0.717) is 18.9 Å². The number of nitrogens with one attached hydrogen (secondary N) is 1. The zero-order chi connectivity index (χ0) is 13.1. The predicted octanol–water partition coefficient (Wildman–Crippen LogP) is 1.67. The molecular weight excluding hydrogens is 242 g/mol. The second-order valence-electron chi connectivity index (χ2n) is 6.25. The third-order valence-electron chi connectivity index (χ3n) is 4.91. The Balaban J connectivity index is 1.62. The highest BCUT2D eigenvalue weighted by atomic mass is 16.5. The summed E-state index contributed by atoms with van der Waals surface area (Å²) in [6, 6.07) is 0. The van der Waals surface area contributed by atoms with Crippen molar-refractivity contribution in [2.75, 3.05) is 26.3 Å². The van der Waals surface area contributed by atoms with Crippen LogP contribution < -0.4 is 5.32 Å². The fraction of sp³-hybridized carbons (Fsp3) is 0.933. The third-order valence-corrected chi connectivity index (χ3v) is 4.91. The van der Waals surface area contributed by atoms with Gasteiger partial charge in [-0.05, 0) is 25.7 Å². The zero-order valence-electron chi connectivity index (χ0n) is 11.7. The molecule has 0 radical (unpaired) electrons. The first-order valence-electron chi connectivity index (χ1n) is 7.79. The maximum atomic E-state index is 12.6. The number of rotatable bonds is 2. The minimum Gasteiger partial charge on any atom is -0.375 e. The number of ether oxygens (including phenoxy) is 2. The molecule has 0 aromatic carbocycles. The highest BCUT2D eigenvalue weighted by molar-refractivity contribution is 5.86. The Morgan fingerprint density at radius 3 is 2.74 bits per heavy atom. The van der Waals surface area contributed by atoms with Gasteiger partial charge in [0.1, 0.15) is 6.10 Å². The second-order valence-corrected chi connectivity index (χ2v) is 6.25. The molecule has 2 saturated heterocycles. The van der Waals surface area contributed by atoms with Gasteiger partial charge >= 0.3 is 0 Å². The molecule has 4 nitrogen and oxygen atoms in total. The summed E-state index contributed by atoms with van der Waals surface area (Å²) in [5.41, 5.74) is 0.0128. The molecule has 3 rings (SSSR count). The topological polar surface area (TPSA) is 47.6 Å². The summed E-state index contributed by atoms with van der Waals surface area (Å²) in [5.74, 6) is 0.456. The highest BCUT2D eigenvalue weighted by Crippen LogP contribution is 2.41. The number of Topliss-reactive ketones (excluding diaryl/α,β-unsaturated/α-hetero) is 1. The standard InChI is InChI=1S/C15H25NO3/c17-14(13-11-16-7-9-18-13)12-4-8-19-15(10-12)5-2-1-3-6-15/h12-13,16H,1-11H2. The van der Waals surface area contributed by atoms with Gasteiger partial charge in [0.05, 0.1) is 12.2 Å². The van der Waals surface area contributed by atoms with Crippen molar-refractivity contribution in [1.29, 1.82) is 0 Å². The smallest absolute Gasteiger partial charge is 0.166 e. The van der Waals surface area contributed by atoms with Crippen molar-refractivity contribution in [2.24, 2.45) is 5.92 Å². The summed E-state index contributed by atoms with van der Waals surface area (Å²) in [5, 5.41) is 3.25. The summed E-state index contributed by atoms with van der Waals surface area (Å²) in [4.78, 5) is 12.6. The number of hydrogen-bond donors (Lipinski definition) is 1. The number of morpholine rings is 1. The van der Waals surface area contributed by atoms with Gasteiger partial charge in [-0.1, -0.05) is 19.3 Å². The minimum atomic E-state index is -0.225. The van der Waals surface area contributed by atoms with Crippen molar-refractivity contribution >= 4 is 5.78 Å². The molecule has 3 aliphatic rings. The van der Waals surface area contributed by atoms with Crippen LogP contribution in [0.25, 0.3) is 0 Å². The summed E-state index contributed by atoms with van der Waals surface area (Å²) >= 11 is 0. The maximum Gasteiger partial charge on any atom is 0.166 e. The molecule has 19 heavy (non-hydrogen) atoms. The van der Waals surface area contributed by atoms with Gasteiger partial charge in [-0.15, -0.1) is 0 Å². The van der Waals surface area contributed by atoms with E-state index in [-0.39, 0.29) is 17.6 Å². The SMILES string of the molecule is O=C(C1CCOC2(CCCCC2)C1)C1CNCCO1. The molecule has 0 aromatic rings. The summed E-state index contributed by atoms with van der Waals surface area (Å²) in [6.45, 7) is 2.95. The van der Waals surface area contributed by atoms with Gasteiger partial charge in [-0.3, -0.25) is 4.79 Å². The Labute approximate surface area is 115 Å². The van der Waals surface area contributed by atoms with Gasteiger partial charge in [0.25, 0.3) is 0 Å². The molecule has 4 heteroatoms. The Morgan fingerprint density at radius 2 is 2.00 bits per heavy atom. The lowest BCUT2D eigenvalue weighted by atomic mass is 9.74. The van der Waals surface area contributed by atoms with Crippen LogP contribution in [-0.2, 0) is 14.3 Å². The van der Waals surface area contributed by atoms with Crippen molar-refractivity contribution in [1.82, 2.24) is 5.32 Å². The van der Waals surface area contributed by atoms with Gasteiger partial charge in [0.2, 0.25) is 0 Å². The zero-order valence-corrected chi connectivity index (χ0v) is 11.7. The van der Waals surface area contributed by atoms with Gasteiger partial charge in [0, 0.05) is 25.6 Å². The Morgan fingerprint density at radius 1 is 1.16 bits per heavy atom. The fourth-order valence-electron chi connectivity index (χ4n) is 3.83. The first kappa shape index (κ1) is 13.5. The molecule has 1 saturated carbocycles. The molecule has 0 amide bonds. The summed E-state index contributed by atoms with van der Waals surface area (Å²) < 4.78 is 11.7. The van der Waals surface area contributed by atoms with Gasteiger partial charge < -0.3 is 14.8 Å². The van der Waals surface area contributed by atoms with Crippen molar-refractivity contribution in [3.05, 3.63) is 0 Å². The number of carbonyl (C=O) groups is 1. The fourth-order valence-corrected chi connectivity index (χ4v) is 3.83. The van der Waals surface area contributed by atoms with E-state index in [1.807, 2.05) is 0 Å². The Bertz CT molecular complexity index is 314. The van der Waals surface area contributed by atoms with Gasteiger partial charge in [-0.25, -0.2) is 0 Å². The molecule has 2 atom stereocenters. The molecule has 0 bridgehead atoms. The van der Waals surface area contributed by atoms with Crippen LogP contribution in [0.1, 0.15) is 44.9 Å². The monoisotopic (exact) mass is 267 g/mol. The molecule has 2 aliphatic heterocycles. The largest absolute Gasteiger partial charge is 0.375 e. The Kier molecular flexibility index (Phi) is 4.20. The predicted molar refractivity (Wildman–Crippen MR) is 72.1 cm³/mol. The summed E-state index contributed by atoms with van der Waals surface area (Å²) in [6.07, 6.45) is 7.68. The third kappa shape index (κ3) is 3.01. The molecule has 2 unspecified atom stereocenters. The molecule has 108 valence electrons. The molecule has 1 aliphatic carbocycles. The van der Waals surface area contributed by atoms with Gasteiger partial charge in [0.15, 0.2) is 5.78 Å². The van der Waals surface area contributed by atoms with Crippen LogP contribution in [0.3, 0.4) is 0 Å². The van der Waals surface area contributed by atoms with E-state index in [1.165, 1.54) is 19.3 Å². The van der Waals surface area contributed by atoms with Crippen LogP contribution in [0.5, 0.6) is 0 Å². The van der Waals surface area contributed by atoms with E-state index >= 15 is 0 Å². The lowest BCUT2D eigenvalue weighted by Gasteiger charge is -2.43. The lowest BCUT2D eigenvalue weighted by Crippen LogP contribution is -2.49. The molecule has 1 N–H and O–H groups in total. The van der Waals surface area contributed by atoms with E-state index in [2.05, 4.69) is 5.32 Å². The van der Waals surface area contributed by atoms with Crippen molar-refractivity contribution in [2.45, 2.75) is 56.7 Å². The van der Waals surface area contributed by atoms with E-state index in [9.17, 15) is 4.79 Å². The first-order chi connectivity index (χ1) is 9.29. The minimum absolute atomic E-state index is 0.0128. The van der Waals surface area contributed by atoms with E-state index in [4.69, 9.17) is 9.47 Å². The number of hydrogen-bond acceptors (Lipinski definition) is 4. The van der Waals surface area contributed by atoms with Gasteiger partial charge in [-0.2, -0.15) is 0 Å². The lowest BCUT2D eigenvalue weighted by molar-refractivity contribution is -0.153. The van der Waals surface area contributed by atoms with Crippen LogP contribution in [0, 0.1) is 5.92 Å². The van der Waals surface area contributed by atoms with E-state index in [0.717, 1.165) is 38.8 Å². The number of carbonyl (C=O) groups excluding carboxylic acids is 1. The molecule has 0 aromatic heterocycles. The average molecular weight is 267 g/mol. The average Bonchev–Trinajstić information content (AvgIpc) is 2.48. The van der Waals surface area contributed by atoms with E-state index in [1.54, 1.807) is 0 Å². The van der Waals surface area contributed by atoms with Crippen molar-refractivity contribution < 1.29 is 14.3 Å². The normalized spacial score (nSPS) is 35.2. The quantitative estimate of drug-likeness (QED) is 0.827. The molecule has 3 fully saturated rings. The Hall–Kier alpha value is -0.450. The first-order valence-corrected chi connectivity index (χ1v) is 7.79. The van der Waals surface area contributed by atoms with Crippen LogP contribution in [-0.4, -0.2) is 43.8 Å².